The number of sulfone groups is 1. The Balaban J connectivity index is 2.49. The summed E-state index contributed by atoms with van der Waals surface area (Å²) in [7, 11) is 0.211. The number of rotatable bonds is 8. The molecule has 0 bridgehead atoms. The molecule has 0 heterocycles. The third-order valence-corrected chi connectivity index (χ3v) is 3.91. The molecule has 0 spiro atoms. The van der Waals surface area contributed by atoms with E-state index in [2.05, 4.69) is 10.3 Å². The van der Waals surface area contributed by atoms with E-state index in [0.717, 1.165) is 5.56 Å². The lowest BCUT2D eigenvalue weighted by atomic mass is 10.2. The fourth-order valence-corrected chi connectivity index (χ4v) is 2.43. The van der Waals surface area contributed by atoms with Crippen LogP contribution in [0.15, 0.2) is 23.2 Å². The van der Waals surface area contributed by atoms with Gasteiger partial charge >= 0.3 is 0 Å². The van der Waals surface area contributed by atoms with Crippen LogP contribution in [-0.4, -0.2) is 47.2 Å². The van der Waals surface area contributed by atoms with Crippen LogP contribution in [0.2, 0.25) is 0 Å². The Hall–Kier alpha value is -1.96. The number of benzene rings is 1. The molecule has 1 aromatic rings. The minimum atomic E-state index is -2.94. The minimum absolute atomic E-state index is 0.128. The van der Waals surface area contributed by atoms with Crippen molar-refractivity contribution in [3.05, 3.63) is 23.8 Å². The SMILES string of the molecule is COc1ccc(CN=C(N)NCCCS(C)(=O)=O)cc1OC. The molecule has 0 atom stereocenters. The minimum Gasteiger partial charge on any atom is -0.493 e. The van der Waals surface area contributed by atoms with Crippen molar-refractivity contribution in [2.75, 3.05) is 32.8 Å². The van der Waals surface area contributed by atoms with E-state index in [0.29, 0.717) is 31.0 Å². The third-order valence-electron chi connectivity index (χ3n) is 2.88. The van der Waals surface area contributed by atoms with Crippen LogP contribution in [0.5, 0.6) is 11.5 Å². The Labute approximate surface area is 131 Å². The van der Waals surface area contributed by atoms with Gasteiger partial charge in [0, 0.05) is 12.8 Å². The van der Waals surface area contributed by atoms with E-state index in [1.165, 1.54) is 6.26 Å². The van der Waals surface area contributed by atoms with E-state index < -0.39 is 9.84 Å². The molecular formula is C14H23N3O4S. The average Bonchev–Trinajstić information content (AvgIpc) is 2.48. The van der Waals surface area contributed by atoms with Crippen LogP contribution in [0.3, 0.4) is 0 Å². The molecule has 22 heavy (non-hydrogen) atoms. The van der Waals surface area contributed by atoms with E-state index in [4.69, 9.17) is 15.2 Å². The normalized spacial score (nSPS) is 12.0. The van der Waals surface area contributed by atoms with Crippen LogP contribution in [0, 0.1) is 0 Å². The highest BCUT2D eigenvalue weighted by Gasteiger charge is 2.04. The van der Waals surface area contributed by atoms with Gasteiger partial charge in [0.15, 0.2) is 17.5 Å². The monoisotopic (exact) mass is 329 g/mol. The molecule has 124 valence electrons. The molecule has 7 nitrogen and oxygen atoms in total. The number of methoxy groups -OCH3 is 2. The van der Waals surface area contributed by atoms with Crippen molar-refractivity contribution >= 4 is 15.8 Å². The zero-order valence-electron chi connectivity index (χ0n) is 13.1. The van der Waals surface area contributed by atoms with E-state index >= 15 is 0 Å². The Bertz CT molecular complexity index is 615. The number of nitrogens with one attached hydrogen (secondary N) is 1. The molecule has 1 rings (SSSR count). The number of nitrogens with two attached hydrogens (primary N) is 1. The molecule has 0 aliphatic rings. The van der Waals surface area contributed by atoms with Gasteiger partial charge in [-0.15, -0.1) is 0 Å². The molecule has 0 aliphatic carbocycles. The van der Waals surface area contributed by atoms with Crippen molar-refractivity contribution < 1.29 is 17.9 Å². The summed E-state index contributed by atoms with van der Waals surface area (Å²) in [6, 6.07) is 5.51. The molecule has 0 saturated heterocycles. The van der Waals surface area contributed by atoms with E-state index in [1.54, 1.807) is 20.3 Å². The second-order valence-electron chi connectivity index (χ2n) is 4.80. The lowest BCUT2D eigenvalue weighted by Gasteiger charge is -2.09. The van der Waals surface area contributed by atoms with Crippen molar-refractivity contribution in [2.24, 2.45) is 10.7 Å². The summed E-state index contributed by atoms with van der Waals surface area (Å²) in [5.41, 5.74) is 6.66. The highest BCUT2D eigenvalue weighted by atomic mass is 32.2. The molecule has 0 fully saturated rings. The maximum Gasteiger partial charge on any atom is 0.188 e. The predicted octanol–water partition coefficient (Wildman–Crippen LogP) is 0.543. The van der Waals surface area contributed by atoms with Gasteiger partial charge in [0.25, 0.3) is 0 Å². The molecule has 0 radical (unpaired) electrons. The summed E-state index contributed by atoms with van der Waals surface area (Å²) in [5.74, 6) is 1.70. The fraction of sp³-hybridized carbons (Fsp3) is 0.500. The topological polar surface area (TPSA) is 103 Å². The third kappa shape index (κ3) is 6.66. The van der Waals surface area contributed by atoms with Gasteiger partial charge in [-0.25, -0.2) is 13.4 Å². The van der Waals surface area contributed by atoms with Crippen molar-refractivity contribution in [3.63, 3.8) is 0 Å². The maximum atomic E-state index is 11.0. The number of ether oxygens (including phenoxy) is 2. The van der Waals surface area contributed by atoms with Gasteiger partial charge in [0.2, 0.25) is 0 Å². The first-order valence-corrected chi connectivity index (χ1v) is 8.84. The van der Waals surface area contributed by atoms with Gasteiger partial charge < -0.3 is 20.5 Å². The standard InChI is InChI=1S/C14H23N3O4S/c1-20-12-6-5-11(9-13(12)21-2)10-17-14(15)16-7-4-8-22(3,18)19/h5-6,9H,4,7-8,10H2,1-3H3,(H3,15,16,17). The van der Waals surface area contributed by atoms with E-state index in [-0.39, 0.29) is 11.7 Å². The number of aliphatic imine (C=N–C) groups is 1. The summed E-state index contributed by atoms with van der Waals surface area (Å²) >= 11 is 0. The molecule has 0 aliphatic heterocycles. The van der Waals surface area contributed by atoms with Gasteiger partial charge in [0.05, 0.1) is 26.5 Å². The molecule has 0 unspecified atom stereocenters. The average molecular weight is 329 g/mol. The highest BCUT2D eigenvalue weighted by Crippen LogP contribution is 2.27. The van der Waals surface area contributed by atoms with Crippen LogP contribution in [0.25, 0.3) is 0 Å². The lowest BCUT2D eigenvalue weighted by Crippen LogP contribution is -2.33. The van der Waals surface area contributed by atoms with Crippen molar-refractivity contribution in [1.82, 2.24) is 5.32 Å². The van der Waals surface area contributed by atoms with Gasteiger partial charge in [-0.1, -0.05) is 6.07 Å². The quantitative estimate of drug-likeness (QED) is 0.410. The van der Waals surface area contributed by atoms with Gasteiger partial charge in [-0.3, -0.25) is 0 Å². The van der Waals surface area contributed by atoms with Crippen molar-refractivity contribution in [2.45, 2.75) is 13.0 Å². The Kier molecular flexibility index (Phi) is 6.97. The van der Waals surface area contributed by atoms with Gasteiger partial charge in [0.1, 0.15) is 9.84 Å². The molecule has 8 heteroatoms. The zero-order valence-corrected chi connectivity index (χ0v) is 13.9. The zero-order chi connectivity index (χ0) is 16.6. The predicted molar refractivity (Wildman–Crippen MR) is 87.2 cm³/mol. The molecule has 1 aromatic carbocycles. The van der Waals surface area contributed by atoms with Crippen molar-refractivity contribution in [1.29, 1.82) is 0 Å². The number of guanidine groups is 1. The van der Waals surface area contributed by atoms with Crippen LogP contribution < -0.4 is 20.5 Å². The summed E-state index contributed by atoms with van der Waals surface area (Å²) < 4.78 is 32.4. The number of nitrogens with zero attached hydrogens (tertiary/aromatic N) is 1. The largest absolute Gasteiger partial charge is 0.493 e. The second kappa shape index (κ2) is 8.47. The molecular weight excluding hydrogens is 306 g/mol. The first-order valence-electron chi connectivity index (χ1n) is 6.78. The van der Waals surface area contributed by atoms with Crippen LogP contribution in [0.4, 0.5) is 0 Å². The summed E-state index contributed by atoms with van der Waals surface area (Å²) in [4.78, 5) is 4.20. The summed E-state index contributed by atoms with van der Waals surface area (Å²) in [6.45, 7) is 0.861. The first kappa shape index (κ1) is 18.1. The van der Waals surface area contributed by atoms with Crippen molar-refractivity contribution in [3.8, 4) is 11.5 Å². The smallest absolute Gasteiger partial charge is 0.188 e. The lowest BCUT2D eigenvalue weighted by molar-refractivity contribution is 0.354. The van der Waals surface area contributed by atoms with Crippen LogP contribution in [-0.2, 0) is 16.4 Å². The first-order chi connectivity index (χ1) is 10.4. The molecule has 0 saturated carbocycles. The number of hydrogen-bond donors (Lipinski definition) is 2. The maximum absolute atomic E-state index is 11.0. The Morgan fingerprint density at radius 1 is 1.27 bits per heavy atom. The fourth-order valence-electron chi connectivity index (χ4n) is 1.76. The molecule has 0 aromatic heterocycles. The van der Waals surface area contributed by atoms with Gasteiger partial charge in [-0.2, -0.15) is 0 Å². The number of hydrogen-bond acceptors (Lipinski definition) is 5. The van der Waals surface area contributed by atoms with Crippen LogP contribution in [0.1, 0.15) is 12.0 Å². The summed E-state index contributed by atoms with van der Waals surface area (Å²) in [5, 5.41) is 2.88. The van der Waals surface area contributed by atoms with E-state index in [9.17, 15) is 8.42 Å². The Morgan fingerprint density at radius 3 is 2.55 bits per heavy atom. The molecule has 3 N–H and O–H groups in total. The van der Waals surface area contributed by atoms with Gasteiger partial charge in [-0.05, 0) is 24.1 Å². The van der Waals surface area contributed by atoms with Crippen LogP contribution >= 0.6 is 0 Å². The Morgan fingerprint density at radius 2 is 1.95 bits per heavy atom. The van der Waals surface area contributed by atoms with E-state index in [1.807, 2.05) is 12.1 Å². The highest BCUT2D eigenvalue weighted by molar-refractivity contribution is 7.90. The molecule has 0 amide bonds. The second-order valence-corrected chi connectivity index (χ2v) is 7.06. The summed E-state index contributed by atoms with van der Waals surface area (Å²) in [6.07, 6.45) is 1.70.